The molecule has 2 unspecified atom stereocenters. The molecule has 0 aliphatic heterocycles. The van der Waals surface area contributed by atoms with Gasteiger partial charge in [0.25, 0.3) is 0 Å². The van der Waals surface area contributed by atoms with Crippen molar-refractivity contribution in [1.82, 2.24) is 0 Å². The van der Waals surface area contributed by atoms with Crippen molar-refractivity contribution in [2.45, 2.75) is 19.8 Å². The third-order valence-electron chi connectivity index (χ3n) is 1.98. The molecule has 0 saturated carbocycles. The molecule has 0 aliphatic rings. The van der Waals surface area contributed by atoms with Crippen molar-refractivity contribution in [2.75, 3.05) is 0 Å². The van der Waals surface area contributed by atoms with E-state index in [1.54, 1.807) is 6.92 Å². The van der Waals surface area contributed by atoms with Crippen LogP contribution in [-0.4, -0.2) is 26.3 Å². The van der Waals surface area contributed by atoms with Crippen LogP contribution in [0.1, 0.15) is 19.8 Å². The Morgan fingerprint density at radius 1 is 1.43 bits per heavy atom. The van der Waals surface area contributed by atoms with Crippen molar-refractivity contribution in [3.8, 4) is 0 Å². The number of carboxylic acids is 2. The van der Waals surface area contributed by atoms with Crippen LogP contribution in [0.15, 0.2) is 0 Å². The fraction of sp³-hybridized carbons (Fsp3) is 0.625. The molecule has 0 saturated heterocycles. The largest absolute Gasteiger partial charge is 0.481 e. The van der Waals surface area contributed by atoms with Gasteiger partial charge in [0.1, 0.15) is 0 Å². The first kappa shape index (κ1) is 13.4. The second-order valence-corrected chi connectivity index (χ2v) is 4.23. The molecule has 6 heteroatoms. The Kier molecular flexibility index (Phi) is 5.71. The van der Waals surface area contributed by atoms with Crippen molar-refractivity contribution in [1.29, 1.82) is 0 Å². The summed E-state index contributed by atoms with van der Waals surface area (Å²) in [6.07, 6.45) is -0.0930. The van der Waals surface area contributed by atoms with Gasteiger partial charge in [-0.1, -0.05) is 19.1 Å². The summed E-state index contributed by atoms with van der Waals surface area (Å²) in [5, 5.41) is 17.2. The molecule has 0 heterocycles. The van der Waals surface area contributed by atoms with E-state index in [1.807, 2.05) is 0 Å². The lowest BCUT2D eigenvalue weighted by Gasteiger charge is -2.17. The number of hydrogen-bond acceptors (Lipinski definition) is 3. The summed E-state index contributed by atoms with van der Waals surface area (Å²) in [4.78, 5) is 21.0. The molecule has 14 heavy (non-hydrogen) atoms. The van der Waals surface area contributed by atoms with Gasteiger partial charge in [-0.25, -0.2) is 0 Å². The Morgan fingerprint density at radius 2 is 1.93 bits per heavy atom. The first-order valence-corrected chi connectivity index (χ1v) is 4.89. The second-order valence-electron chi connectivity index (χ2n) is 3.00. The Balaban J connectivity index is 4.37. The molecular formula is C8H12O4S2. The topological polar surface area (TPSA) is 74.6 Å². The average molecular weight is 236 g/mol. The molecule has 80 valence electrons. The van der Waals surface area contributed by atoms with Crippen LogP contribution < -0.4 is 0 Å². The minimum Gasteiger partial charge on any atom is -0.481 e. The van der Waals surface area contributed by atoms with Crippen molar-refractivity contribution < 1.29 is 19.8 Å². The van der Waals surface area contributed by atoms with E-state index < -0.39 is 23.8 Å². The average Bonchev–Trinajstić information content (AvgIpc) is 2.02. The standard InChI is InChI=1S/C8H12O4S2/c1-4(8(13)14)5(7(11)12)2-3-6(9)10/h4-5H,2-3H2,1H3,(H,9,10)(H,11,12)(H,13,14). The van der Waals surface area contributed by atoms with Crippen molar-refractivity contribution in [3.05, 3.63) is 0 Å². The van der Waals surface area contributed by atoms with Crippen LogP contribution in [0.4, 0.5) is 0 Å². The second kappa shape index (κ2) is 5.98. The van der Waals surface area contributed by atoms with E-state index in [0.29, 0.717) is 4.20 Å². The lowest BCUT2D eigenvalue weighted by atomic mass is 9.91. The maximum absolute atomic E-state index is 10.8. The Labute approximate surface area is 92.7 Å². The summed E-state index contributed by atoms with van der Waals surface area (Å²) < 4.78 is 0.294. The summed E-state index contributed by atoms with van der Waals surface area (Å²) in [5.41, 5.74) is 0. The van der Waals surface area contributed by atoms with E-state index >= 15 is 0 Å². The molecule has 0 fully saturated rings. The number of thiocarbonyl (C=S) groups is 1. The molecule has 0 aromatic heterocycles. The number of hydrogen-bond donors (Lipinski definition) is 3. The summed E-state index contributed by atoms with van der Waals surface area (Å²) in [6, 6.07) is 0. The van der Waals surface area contributed by atoms with Crippen molar-refractivity contribution >= 4 is 41.0 Å². The van der Waals surface area contributed by atoms with Gasteiger partial charge in [0.05, 0.1) is 5.92 Å². The number of thiol groups is 1. The first-order valence-electron chi connectivity index (χ1n) is 4.03. The van der Waals surface area contributed by atoms with E-state index in [4.69, 9.17) is 22.4 Å². The van der Waals surface area contributed by atoms with E-state index in [2.05, 4.69) is 12.6 Å². The minimum absolute atomic E-state index is 0.0759. The van der Waals surface area contributed by atoms with Gasteiger partial charge in [-0.05, 0) is 6.42 Å². The smallest absolute Gasteiger partial charge is 0.307 e. The van der Waals surface area contributed by atoms with Crippen LogP contribution in [0, 0.1) is 11.8 Å². The maximum Gasteiger partial charge on any atom is 0.307 e. The van der Waals surface area contributed by atoms with Gasteiger partial charge in [0.15, 0.2) is 0 Å². The molecule has 0 aliphatic carbocycles. The molecule has 0 rings (SSSR count). The molecule has 0 amide bonds. The van der Waals surface area contributed by atoms with Gasteiger partial charge in [-0.15, -0.1) is 12.6 Å². The Hall–Kier alpha value is -0.620. The molecule has 0 aromatic rings. The molecule has 0 bridgehead atoms. The third-order valence-corrected chi connectivity index (χ3v) is 2.76. The number of carboxylic acid groups (broad SMARTS) is 2. The predicted molar refractivity (Wildman–Crippen MR) is 58.7 cm³/mol. The van der Waals surface area contributed by atoms with E-state index in [-0.39, 0.29) is 12.8 Å². The van der Waals surface area contributed by atoms with Gasteiger partial charge < -0.3 is 10.2 Å². The molecular weight excluding hydrogens is 224 g/mol. The van der Waals surface area contributed by atoms with Gasteiger partial charge in [-0.3, -0.25) is 9.59 Å². The zero-order valence-corrected chi connectivity index (χ0v) is 9.35. The quantitative estimate of drug-likeness (QED) is 0.481. The van der Waals surface area contributed by atoms with E-state index in [9.17, 15) is 9.59 Å². The van der Waals surface area contributed by atoms with Crippen LogP contribution in [0.5, 0.6) is 0 Å². The van der Waals surface area contributed by atoms with Gasteiger partial charge in [-0.2, -0.15) is 0 Å². The highest BCUT2D eigenvalue weighted by Crippen LogP contribution is 2.21. The summed E-state index contributed by atoms with van der Waals surface area (Å²) in [7, 11) is 0. The molecule has 2 N–H and O–H groups in total. The van der Waals surface area contributed by atoms with Crippen molar-refractivity contribution in [2.24, 2.45) is 11.8 Å². The zero-order valence-electron chi connectivity index (χ0n) is 7.64. The van der Waals surface area contributed by atoms with Crippen molar-refractivity contribution in [3.63, 3.8) is 0 Å². The van der Waals surface area contributed by atoms with Crippen LogP contribution in [0.3, 0.4) is 0 Å². The van der Waals surface area contributed by atoms with E-state index in [0.717, 1.165) is 0 Å². The summed E-state index contributed by atoms with van der Waals surface area (Å²) in [6.45, 7) is 1.63. The van der Waals surface area contributed by atoms with Crippen LogP contribution in [0.2, 0.25) is 0 Å². The predicted octanol–water partition coefficient (Wildman–Crippen LogP) is 1.45. The fourth-order valence-electron chi connectivity index (χ4n) is 1.04. The highest BCUT2D eigenvalue weighted by atomic mass is 32.1. The number of aliphatic carboxylic acids is 2. The van der Waals surface area contributed by atoms with Crippen LogP contribution in [0.25, 0.3) is 0 Å². The number of rotatable bonds is 6. The molecule has 4 nitrogen and oxygen atoms in total. The monoisotopic (exact) mass is 236 g/mol. The summed E-state index contributed by atoms with van der Waals surface area (Å²) in [5.74, 6) is -3.20. The highest BCUT2D eigenvalue weighted by Gasteiger charge is 2.26. The SMILES string of the molecule is CC(C(=S)S)C(CCC(=O)O)C(=O)O. The zero-order chi connectivity index (χ0) is 11.3. The first-order chi connectivity index (χ1) is 6.36. The maximum atomic E-state index is 10.8. The van der Waals surface area contributed by atoms with Crippen LogP contribution in [-0.2, 0) is 9.59 Å². The number of carbonyl (C=O) groups is 2. The lowest BCUT2D eigenvalue weighted by Crippen LogP contribution is -2.25. The van der Waals surface area contributed by atoms with Crippen LogP contribution >= 0.6 is 24.8 Å². The minimum atomic E-state index is -1.03. The summed E-state index contributed by atoms with van der Waals surface area (Å²) >= 11 is 8.64. The third kappa shape index (κ3) is 4.57. The molecule has 0 radical (unpaired) electrons. The Morgan fingerprint density at radius 3 is 2.21 bits per heavy atom. The fourth-order valence-corrected chi connectivity index (χ4v) is 1.38. The lowest BCUT2D eigenvalue weighted by molar-refractivity contribution is -0.143. The molecule has 0 aromatic carbocycles. The highest BCUT2D eigenvalue weighted by molar-refractivity contribution is 8.11. The van der Waals surface area contributed by atoms with Gasteiger partial charge >= 0.3 is 11.9 Å². The van der Waals surface area contributed by atoms with Gasteiger partial charge in [0, 0.05) is 16.5 Å². The normalized spacial score (nSPS) is 14.4. The van der Waals surface area contributed by atoms with Gasteiger partial charge in [0.2, 0.25) is 0 Å². The van der Waals surface area contributed by atoms with E-state index in [1.165, 1.54) is 0 Å². The molecule has 0 spiro atoms. The molecule has 2 atom stereocenters. The Bertz CT molecular complexity index is 252.